The average Bonchev–Trinajstić information content (AvgIpc) is 2.71. The lowest BCUT2D eigenvalue weighted by Gasteiger charge is -2.10. The fourth-order valence-electron chi connectivity index (χ4n) is 2.01. The number of anilines is 1. The number of thioether (sulfide) groups is 1. The van der Waals surface area contributed by atoms with Crippen LogP contribution >= 0.6 is 11.8 Å². The normalized spacial score (nSPS) is 11.1. The SMILES string of the molecule is CSc1ccccc1-c1[nH]nc(N)c1C(C)C. The molecule has 0 saturated heterocycles. The maximum Gasteiger partial charge on any atom is 0.149 e. The summed E-state index contributed by atoms with van der Waals surface area (Å²) in [5.74, 6) is 0.963. The zero-order chi connectivity index (χ0) is 12.4. The summed E-state index contributed by atoms with van der Waals surface area (Å²) in [6, 6.07) is 8.30. The van der Waals surface area contributed by atoms with E-state index < -0.39 is 0 Å². The smallest absolute Gasteiger partial charge is 0.149 e. The van der Waals surface area contributed by atoms with E-state index in [1.165, 1.54) is 10.5 Å². The summed E-state index contributed by atoms with van der Waals surface area (Å²) in [6.07, 6.45) is 2.08. The third-order valence-corrected chi connectivity index (χ3v) is 3.58. The first-order valence-electron chi connectivity index (χ1n) is 5.62. The standard InChI is InChI=1S/C13H17N3S/c1-8(2)11-12(15-16-13(11)14)9-6-4-5-7-10(9)17-3/h4-8H,1-3H3,(H3,14,15,16). The van der Waals surface area contributed by atoms with Gasteiger partial charge in [0.05, 0.1) is 5.69 Å². The molecule has 4 heteroatoms. The molecular weight excluding hydrogens is 230 g/mol. The Kier molecular flexibility index (Phi) is 3.43. The first-order valence-corrected chi connectivity index (χ1v) is 6.84. The van der Waals surface area contributed by atoms with E-state index in [0.717, 1.165) is 11.3 Å². The van der Waals surface area contributed by atoms with E-state index in [4.69, 9.17) is 5.73 Å². The molecule has 0 spiro atoms. The molecule has 1 aromatic heterocycles. The van der Waals surface area contributed by atoms with Crippen LogP contribution in [0.4, 0.5) is 5.82 Å². The van der Waals surface area contributed by atoms with Gasteiger partial charge in [0.2, 0.25) is 0 Å². The predicted octanol–water partition coefficient (Wildman–Crippen LogP) is 3.50. The second-order valence-electron chi connectivity index (χ2n) is 4.25. The number of aromatic nitrogens is 2. The summed E-state index contributed by atoms with van der Waals surface area (Å²) in [6.45, 7) is 4.26. The van der Waals surface area contributed by atoms with Gasteiger partial charge in [-0.05, 0) is 18.2 Å². The number of hydrogen-bond acceptors (Lipinski definition) is 3. The Balaban J connectivity index is 2.60. The molecule has 0 fully saturated rings. The van der Waals surface area contributed by atoms with Crippen LogP contribution in [0.2, 0.25) is 0 Å². The van der Waals surface area contributed by atoms with E-state index in [-0.39, 0.29) is 0 Å². The summed E-state index contributed by atoms with van der Waals surface area (Å²) in [7, 11) is 0. The number of nitrogens with zero attached hydrogens (tertiary/aromatic N) is 1. The molecule has 3 N–H and O–H groups in total. The Labute approximate surface area is 106 Å². The van der Waals surface area contributed by atoms with Crippen LogP contribution in [0, 0.1) is 0 Å². The highest BCUT2D eigenvalue weighted by atomic mass is 32.2. The second kappa shape index (κ2) is 4.84. The van der Waals surface area contributed by atoms with E-state index in [1.54, 1.807) is 11.8 Å². The molecule has 1 heterocycles. The van der Waals surface area contributed by atoms with Gasteiger partial charge >= 0.3 is 0 Å². The Morgan fingerprint density at radius 3 is 2.65 bits per heavy atom. The Bertz CT molecular complexity index is 517. The van der Waals surface area contributed by atoms with E-state index >= 15 is 0 Å². The van der Waals surface area contributed by atoms with Crippen LogP contribution in [0.15, 0.2) is 29.2 Å². The van der Waals surface area contributed by atoms with Crippen LogP contribution in [0.25, 0.3) is 11.3 Å². The van der Waals surface area contributed by atoms with Gasteiger partial charge in [0, 0.05) is 16.0 Å². The summed E-state index contributed by atoms with van der Waals surface area (Å²) >= 11 is 1.73. The van der Waals surface area contributed by atoms with Crippen LogP contribution in [0.1, 0.15) is 25.3 Å². The van der Waals surface area contributed by atoms with Gasteiger partial charge in [0.25, 0.3) is 0 Å². The number of benzene rings is 1. The molecule has 2 rings (SSSR count). The van der Waals surface area contributed by atoms with Gasteiger partial charge in [-0.3, -0.25) is 5.10 Å². The van der Waals surface area contributed by atoms with Crippen LogP contribution in [-0.2, 0) is 0 Å². The van der Waals surface area contributed by atoms with Crippen LogP contribution < -0.4 is 5.73 Å². The van der Waals surface area contributed by atoms with Gasteiger partial charge in [0.15, 0.2) is 0 Å². The summed E-state index contributed by atoms with van der Waals surface area (Å²) in [5, 5.41) is 7.19. The minimum atomic E-state index is 0.360. The topological polar surface area (TPSA) is 54.7 Å². The number of H-pyrrole nitrogens is 1. The maximum absolute atomic E-state index is 5.92. The largest absolute Gasteiger partial charge is 0.382 e. The van der Waals surface area contributed by atoms with Gasteiger partial charge in [-0.15, -0.1) is 11.8 Å². The summed E-state index contributed by atoms with van der Waals surface area (Å²) in [4.78, 5) is 1.23. The monoisotopic (exact) mass is 247 g/mol. The lowest BCUT2D eigenvalue weighted by Crippen LogP contribution is -1.95. The van der Waals surface area contributed by atoms with Crippen LogP contribution in [-0.4, -0.2) is 16.5 Å². The van der Waals surface area contributed by atoms with Crippen LogP contribution in [0.5, 0.6) is 0 Å². The molecule has 0 atom stereocenters. The van der Waals surface area contributed by atoms with Gasteiger partial charge in [0.1, 0.15) is 5.82 Å². The van der Waals surface area contributed by atoms with Crippen molar-refractivity contribution < 1.29 is 0 Å². The minimum Gasteiger partial charge on any atom is -0.382 e. The number of rotatable bonds is 3. The minimum absolute atomic E-state index is 0.360. The molecule has 0 radical (unpaired) electrons. The molecular formula is C13H17N3S. The quantitative estimate of drug-likeness (QED) is 0.816. The van der Waals surface area contributed by atoms with Crippen molar-refractivity contribution in [2.45, 2.75) is 24.7 Å². The highest BCUT2D eigenvalue weighted by Crippen LogP contribution is 2.35. The van der Waals surface area contributed by atoms with Gasteiger partial charge in [-0.25, -0.2) is 0 Å². The van der Waals surface area contributed by atoms with Crippen molar-refractivity contribution in [3.8, 4) is 11.3 Å². The predicted molar refractivity (Wildman–Crippen MR) is 74.3 cm³/mol. The number of nitrogens with one attached hydrogen (secondary N) is 1. The molecule has 90 valence electrons. The first-order chi connectivity index (χ1) is 8.15. The van der Waals surface area contributed by atoms with Crippen molar-refractivity contribution in [3.05, 3.63) is 29.8 Å². The Morgan fingerprint density at radius 2 is 2.00 bits per heavy atom. The van der Waals surface area contributed by atoms with E-state index in [9.17, 15) is 0 Å². The molecule has 1 aromatic carbocycles. The summed E-state index contributed by atoms with van der Waals surface area (Å²) < 4.78 is 0. The average molecular weight is 247 g/mol. The fourth-order valence-corrected chi connectivity index (χ4v) is 2.61. The lowest BCUT2D eigenvalue weighted by atomic mass is 9.99. The van der Waals surface area contributed by atoms with E-state index in [0.29, 0.717) is 11.7 Å². The molecule has 17 heavy (non-hydrogen) atoms. The van der Waals surface area contributed by atoms with Gasteiger partial charge in [-0.2, -0.15) is 5.10 Å². The first kappa shape index (κ1) is 12.0. The van der Waals surface area contributed by atoms with Gasteiger partial charge < -0.3 is 5.73 Å². The molecule has 2 aromatic rings. The number of aromatic amines is 1. The summed E-state index contributed by atoms with van der Waals surface area (Å²) in [5.41, 5.74) is 9.24. The number of hydrogen-bond donors (Lipinski definition) is 2. The van der Waals surface area contributed by atoms with Crippen molar-refractivity contribution in [3.63, 3.8) is 0 Å². The third-order valence-electron chi connectivity index (χ3n) is 2.79. The maximum atomic E-state index is 5.92. The van der Waals surface area contributed by atoms with E-state index in [1.807, 2.05) is 12.1 Å². The highest BCUT2D eigenvalue weighted by molar-refractivity contribution is 7.98. The number of nitrogen functional groups attached to an aromatic ring is 1. The van der Waals surface area contributed by atoms with E-state index in [2.05, 4.69) is 42.4 Å². The molecule has 0 amide bonds. The fraction of sp³-hybridized carbons (Fsp3) is 0.308. The van der Waals surface area contributed by atoms with Crippen molar-refractivity contribution in [1.29, 1.82) is 0 Å². The lowest BCUT2D eigenvalue weighted by molar-refractivity contribution is 0.872. The molecule has 0 aliphatic rings. The molecule has 3 nitrogen and oxygen atoms in total. The van der Waals surface area contributed by atoms with Crippen LogP contribution in [0.3, 0.4) is 0 Å². The molecule has 0 unspecified atom stereocenters. The zero-order valence-electron chi connectivity index (χ0n) is 10.3. The molecule has 0 aliphatic heterocycles. The van der Waals surface area contributed by atoms with Crippen molar-refractivity contribution in [2.75, 3.05) is 12.0 Å². The Morgan fingerprint density at radius 1 is 1.29 bits per heavy atom. The molecule has 0 bridgehead atoms. The number of nitrogens with two attached hydrogens (primary N) is 1. The van der Waals surface area contributed by atoms with Crippen molar-refractivity contribution >= 4 is 17.6 Å². The highest BCUT2D eigenvalue weighted by Gasteiger charge is 2.17. The zero-order valence-corrected chi connectivity index (χ0v) is 11.1. The van der Waals surface area contributed by atoms with Crippen molar-refractivity contribution in [2.24, 2.45) is 0 Å². The van der Waals surface area contributed by atoms with Gasteiger partial charge in [-0.1, -0.05) is 32.0 Å². The van der Waals surface area contributed by atoms with Crippen molar-refractivity contribution in [1.82, 2.24) is 10.2 Å². The third kappa shape index (κ3) is 2.17. The Hall–Kier alpha value is -1.42. The molecule has 0 saturated carbocycles. The second-order valence-corrected chi connectivity index (χ2v) is 5.10. The molecule has 0 aliphatic carbocycles.